The highest BCUT2D eigenvalue weighted by atomic mass is 32.2. The zero-order chi connectivity index (χ0) is 24.3. The van der Waals surface area contributed by atoms with Crippen molar-refractivity contribution in [1.29, 1.82) is 0 Å². The third-order valence-electron chi connectivity index (χ3n) is 6.53. The second-order valence-corrected chi connectivity index (χ2v) is 10.9. The highest BCUT2D eigenvalue weighted by Crippen LogP contribution is 2.28. The minimum Gasteiger partial charge on any atom is -0.343 e. The number of anilines is 1. The maximum Gasteiger partial charge on any atom is 0.251 e. The minimum atomic E-state index is -3.70. The lowest BCUT2D eigenvalue weighted by atomic mass is 10.0. The number of hydrogen-bond donors (Lipinski definition) is 2. The normalized spacial score (nSPS) is 15.3. The number of carbonyl (C=O) groups excluding carboxylic acids is 2. The predicted molar refractivity (Wildman–Crippen MR) is 130 cm³/mol. The van der Waals surface area contributed by atoms with Crippen LogP contribution in [0.1, 0.15) is 52.4 Å². The van der Waals surface area contributed by atoms with E-state index in [-0.39, 0.29) is 22.9 Å². The Balaban J connectivity index is 1.74. The fourth-order valence-corrected chi connectivity index (χ4v) is 5.73. The number of hydrogen-bond acceptors (Lipinski definition) is 4. The number of aryl methyl sites for hydroxylation is 2. The Hall–Kier alpha value is -2.71. The summed E-state index contributed by atoms with van der Waals surface area (Å²) >= 11 is 0. The maximum atomic E-state index is 13.3. The van der Waals surface area contributed by atoms with Crippen molar-refractivity contribution in [3.63, 3.8) is 0 Å². The summed E-state index contributed by atoms with van der Waals surface area (Å²) in [4.78, 5) is 25.3. The molecule has 2 aromatic carbocycles. The number of nitrogens with zero attached hydrogens (tertiary/aromatic N) is 1. The molecule has 2 aromatic rings. The van der Waals surface area contributed by atoms with Crippen LogP contribution in [-0.2, 0) is 14.8 Å². The lowest BCUT2D eigenvalue weighted by Crippen LogP contribution is -2.38. The van der Waals surface area contributed by atoms with Crippen molar-refractivity contribution in [2.75, 3.05) is 25.0 Å². The number of amides is 2. The molecule has 7 nitrogen and oxygen atoms in total. The van der Waals surface area contributed by atoms with Gasteiger partial charge in [0.25, 0.3) is 5.91 Å². The summed E-state index contributed by atoms with van der Waals surface area (Å²) in [6.07, 6.45) is 1.65. The van der Waals surface area contributed by atoms with Gasteiger partial charge in [-0.2, -0.15) is 4.31 Å². The Morgan fingerprint density at radius 3 is 2.33 bits per heavy atom. The SMILES string of the molecule is Cc1cccc(NC(=O)CNC(=O)c2cc(C)c(C)c(S(=O)(=O)N3CCC(C)CC3)c2)c1C. The van der Waals surface area contributed by atoms with Crippen molar-refractivity contribution < 1.29 is 18.0 Å². The number of benzene rings is 2. The standard InChI is InChI=1S/C25H33N3O4S/c1-16-9-11-28(12-10-16)33(31,32)23-14-21(13-18(3)20(23)5)25(30)26-15-24(29)27-22-8-6-7-17(2)19(22)4/h6-8,13-14,16H,9-12,15H2,1-5H3,(H,26,30)(H,27,29). The van der Waals surface area contributed by atoms with Gasteiger partial charge in [-0.15, -0.1) is 0 Å². The summed E-state index contributed by atoms with van der Waals surface area (Å²) in [6.45, 7) is 10.3. The van der Waals surface area contributed by atoms with Gasteiger partial charge in [0, 0.05) is 24.3 Å². The van der Waals surface area contributed by atoms with E-state index in [0.717, 1.165) is 24.0 Å². The lowest BCUT2D eigenvalue weighted by Gasteiger charge is -2.30. The van der Waals surface area contributed by atoms with E-state index in [1.165, 1.54) is 10.4 Å². The van der Waals surface area contributed by atoms with Crippen LogP contribution >= 0.6 is 0 Å². The molecule has 8 heteroatoms. The molecule has 1 saturated heterocycles. The molecule has 1 fully saturated rings. The van der Waals surface area contributed by atoms with Gasteiger partial charge in [-0.25, -0.2) is 8.42 Å². The zero-order valence-electron chi connectivity index (χ0n) is 20.0. The van der Waals surface area contributed by atoms with E-state index >= 15 is 0 Å². The first-order chi connectivity index (χ1) is 15.5. The summed E-state index contributed by atoms with van der Waals surface area (Å²) < 4.78 is 28.1. The van der Waals surface area contributed by atoms with E-state index in [2.05, 4.69) is 17.6 Å². The molecule has 2 amide bonds. The van der Waals surface area contributed by atoms with Gasteiger partial charge in [-0.05, 0) is 86.9 Å². The van der Waals surface area contributed by atoms with E-state index in [1.807, 2.05) is 32.0 Å². The molecule has 0 aromatic heterocycles. The van der Waals surface area contributed by atoms with E-state index in [1.54, 1.807) is 19.9 Å². The first kappa shape index (κ1) is 24.9. The van der Waals surface area contributed by atoms with E-state index in [0.29, 0.717) is 35.8 Å². The monoisotopic (exact) mass is 471 g/mol. The van der Waals surface area contributed by atoms with Gasteiger partial charge in [0.1, 0.15) is 0 Å². The largest absolute Gasteiger partial charge is 0.343 e. The van der Waals surface area contributed by atoms with Crippen LogP contribution in [0.3, 0.4) is 0 Å². The Bertz CT molecular complexity index is 1170. The zero-order valence-corrected chi connectivity index (χ0v) is 20.8. The first-order valence-electron chi connectivity index (χ1n) is 11.3. The van der Waals surface area contributed by atoms with Gasteiger partial charge < -0.3 is 10.6 Å². The molecular formula is C25H33N3O4S. The molecule has 1 heterocycles. The van der Waals surface area contributed by atoms with Crippen LogP contribution in [0.15, 0.2) is 35.2 Å². The summed E-state index contributed by atoms with van der Waals surface area (Å²) in [5.41, 5.74) is 4.30. The molecule has 0 radical (unpaired) electrons. The first-order valence-corrected chi connectivity index (χ1v) is 12.7. The molecule has 1 aliphatic heterocycles. The summed E-state index contributed by atoms with van der Waals surface area (Å²) in [5.74, 6) is -0.333. The molecule has 33 heavy (non-hydrogen) atoms. The fraction of sp³-hybridized carbons (Fsp3) is 0.440. The molecule has 178 valence electrons. The van der Waals surface area contributed by atoms with Crippen molar-refractivity contribution >= 4 is 27.5 Å². The molecule has 0 atom stereocenters. The molecular weight excluding hydrogens is 438 g/mol. The van der Waals surface area contributed by atoms with Crippen LogP contribution in [0, 0.1) is 33.6 Å². The quantitative estimate of drug-likeness (QED) is 0.671. The van der Waals surface area contributed by atoms with Crippen molar-refractivity contribution in [2.45, 2.75) is 52.4 Å². The van der Waals surface area contributed by atoms with Crippen molar-refractivity contribution in [3.8, 4) is 0 Å². The number of rotatable bonds is 6. The van der Waals surface area contributed by atoms with Gasteiger partial charge in [0.05, 0.1) is 11.4 Å². The van der Waals surface area contributed by atoms with Crippen molar-refractivity contribution in [1.82, 2.24) is 9.62 Å². The van der Waals surface area contributed by atoms with Crippen LogP contribution in [0.2, 0.25) is 0 Å². The molecule has 3 rings (SSSR count). The second kappa shape index (κ2) is 10.1. The highest BCUT2D eigenvalue weighted by molar-refractivity contribution is 7.89. The van der Waals surface area contributed by atoms with Gasteiger partial charge in [-0.3, -0.25) is 9.59 Å². The molecule has 1 aliphatic rings. The van der Waals surface area contributed by atoms with Gasteiger partial charge in [0.15, 0.2) is 0 Å². The number of carbonyl (C=O) groups is 2. The Kier molecular flexibility index (Phi) is 7.59. The minimum absolute atomic E-state index is 0.155. The van der Waals surface area contributed by atoms with Gasteiger partial charge in [-0.1, -0.05) is 19.1 Å². The van der Waals surface area contributed by atoms with Crippen molar-refractivity contribution in [2.24, 2.45) is 5.92 Å². The van der Waals surface area contributed by atoms with Crippen LogP contribution in [0.4, 0.5) is 5.69 Å². The number of nitrogens with one attached hydrogen (secondary N) is 2. The third kappa shape index (κ3) is 5.62. The van der Waals surface area contributed by atoms with Crippen LogP contribution < -0.4 is 10.6 Å². The Labute approximate surface area is 196 Å². The highest BCUT2D eigenvalue weighted by Gasteiger charge is 2.30. The second-order valence-electron chi connectivity index (χ2n) is 8.98. The molecule has 0 spiro atoms. The lowest BCUT2D eigenvalue weighted by molar-refractivity contribution is -0.115. The van der Waals surface area contributed by atoms with Crippen LogP contribution in [0.5, 0.6) is 0 Å². The number of piperidine rings is 1. The number of sulfonamides is 1. The average Bonchev–Trinajstić information content (AvgIpc) is 2.77. The van der Waals surface area contributed by atoms with Gasteiger partial charge in [0.2, 0.25) is 15.9 Å². The van der Waals surface area contributed by atoms with Gasteiger partial charge >= 0.3 is 0 Å². The molecule has 2 N–H and O–H groups in total. The molecule has 0 aliphatic carbocycles. The molecule has 0 saturated carbocycles. The predicted octanol–water partition coefficient (Wildman–Crippen LogP) is 3.71. The topological polar surface area (TPSA) is 95.6 Å². The Morgan fingerprint density at radius 1 is 1.00 bits per heavy atom. The van der Waals surface area contributed by atoms with Crippen LogP contribution in [-0.4, -0.2) is 44.2 Å². The van der Waals surface area contributed by atoms with E-state index < -0.39 is 15.9 Å². The van der Waals surface area contributed by atoms with Crippen LogP contribution in [0.25, 0.3) is 0 Å². The third-order valence-corrected chi connectivity index (χ3v) is 8.56. The fourth-order valence-electron chi connectivity index (χ4n) is 3.93. The smallest absolute Gasteiger partial charge is 0.251 e. The summed E-state index contributed by atoms with van der Waals surface area (Å²) in [5, 5.41) is 5.41. The summed E-state index contributed by atoms with van der Waals surface area (Å²) in [6, 6.07) is 8.71. The maximum absolute atomic E-state index is 13.3. The Morgan fingerprint density at radius 2 is 1.67 bits per heavy atom. The van der Waals surface area contributed by atoms with E-state index in [4.69, 9.17) is 0 Å². The van der Waals surface area contributed by atoms with E-state index in [9.17, 15) is 18.0 Å². The average molecular weight is 472 g/mol. The van der Waals surface area contributed by atoms with Crippen molar-refractivity contribution in [3.05, 3.63) is 58.1 Å². The summed E-state index contributed by atoms with van der Waals surface area (Å²) in [7, 11) is -3.70. The molecule has 0 unspecified atom stereocenters. The molecule has 0 bridgehead atoms.